The summed E-state index contributed by atoms with van der Waals surface area (Å²) in [6.45, 7) is 3.33. The number of methoxy groups -OCH3 is 1. The molecule has 22 heavy (non-hydrogen) atoms. The maximum absolute atomic E-state index is 11.7. The first-order valence-corrected chi connectivity index (χ1v) is 6.64. The lowest BCUT2D eigenvalue weighted by Gasteiger charge is -2.16. The van der Waals surface area contributed by atoms with E-state index in [1.54, 1.807) is 0 Å². The predicted molar refractivity (Wildman–Crippen MR) is 74.4 cm³/mol. The lowest BCUT2D eigenvalue weighted by molar-refractivity contribution is -0.142. The number of carboxylic acid groups (broad SMARTS) is 1. The molecule has 0 aromatic carbocycles. The van der Waals surface area contributed by atoms with Gasteiger partial charge in [0.25, 0.3) is 11.8 Å². The highest BCUT2D eigenvalue weighted by atomic mass is 16.5. The fourth-order valence-corrected chi connectivity index (χ4v) is 1.65. The molecular weight excluding hydrogens is 294 g/mol. The Balaban J connectivity index is 2.47. The molecule has 2 amide bonds. The van der Waals surface area contributed by atoms with Crippen LogP contribution in [0.1, 0.15) is 30.8 Å². The molecule has 0 aliphatic heterocycles. The van der Waals surface area contributed by atoms with E-state index in [1.165, 1.54) is 13.2 Å². The van der Waals surface area contributed by atoms with Crippen molar-refractivity contribution in [1.29, 1.82) is 0 Å². The van der Waals surface area contributed by atoms with Crippen molar-refractivity contribution in [2.75, 3.05) is 13.7 Å². The topological polar surface area (TPSA) is 131 Å². The first-order valence-electron chi connectivity index (χ1n) is 6.64. The number of hydrogen-bond acceptors (Lipinski definition) is 6. The fourth-order valence-electron chi connectivity index (χ4n) is 1.65. The molecular formula is C13H19N3O6. The van der Waals surface area contributed by atoms with Crippen molar-refractivity contribution < 1.29 is 28.8 Å². The number of rotatable bonds is 8. The van der Waals surface area contributed by atoms with E-state index in [9.17, 15) is 14.4 Å². The summed E-state index contributed by atoms with van der Waals surface area (Å²) in [6, 6.07) is 0.279. The molecule has 0 saturated carbocycles. The lowest BCUT2D eigenvalue weighted by atomic mass is 10.0. The van der Waals surface area contributed by atoms with Gasteiger partial charge in [0.15, 0.2) is 0 Å². The number of ether oxygens (including phenoxy) is 1. The molecule has 0 spiro atoms. The summed E-state index contributed by atoms with van der Waals surface area (Å²) in [4.78, 5) is 34.4. The largest absolute Gasteiger partial charge is 0.480 e. The van der Waals surface area contributed by atoms with Crippen LogP contribution in [0.5, 0.6) is 5.88 Å². The summed E-state index contributed by atoms with van der Waals surface area (Å²) < 4.78 is 9.47. The van der Waals surface area contributed by atoms with Crippen LogP contribution >= 0.6 is 0 Å². The Morgan fingerprint density at radius 2 is 2.09 bits per heavy atom. The number of nitrogens with one attached hydrogen (secondary N) is 2. The Hall–Kier alpha value is -2.58. The van der Waals surface area contributed by atoms with Crippen molar-refractivity contribution in [2.24, 2.45) is 5.92 Å². The Kier molecular flexibility index (Phi) is 6.36. The van der Waals surface area contributed by atoms with Crippen LogP contribution in [0.4, 0.5) is 0 Å². The molecule has 1 heterocycles. The minimum atomic E-state index is -1.12. The first kappa shape index (κ1) is 17.5. The molecule has 0 bridgehead atoms. The summed E-state index contributed by atoms with van der Waals surface area (Å²) in [5.41, 5.74) is 0. The third kappa shape index (κ3) is 5.43. The van der Waals surface area contributed by atoms with Crippen molar-refractivity contribution in [2.45, 2.75) is 26.3 Å². The normalized spacial score (nSPS) is 11.8. The second-order valence-corrected chi connectivity index (χ2v) is 5.00. The standard InChI is InChI=1S/C13H19N3O6/c1-7(2)4-8(13(19)20)15-10(17)6-14-12(18)9-5-11(21-3)16-22-9/h5,7-8H,4,6H2,1-3H3,(H,14,18)(H,15,17)(H,19,20)/t8-/m0/s1. The van der Waals surface area contributed by atoms with E-state index < -0.39 is 23.8 Å². The van der Waals surface area contributed by atoms with Gasteiger partial charge in [0, 0.05) is 0 Å². The monoisotopic (exact) mass is 313 g/mol. The summed E-state index contributed by atoms with van der Waals surface area (Å²) in [5, 5.41) is 17.1. The van der Waals surface area contributed by atoms with Crippen LogP contribution in [0.3, 0.4) is 0 Å². The molecule has 0 unspecified atom stereocenters. The number of aliphatic carboxylic acids is 1. The Bertz CT molecular complexity index is 540. The van der Waals surface area contributed by atoms with Crippen LogP contribution in [0, 0.1) is 5.92 Å². The van der Waals surface area contributed by atoms with E-state index in [0.29, 0.717) is 6.42 Å². The van der Waals surface area contributed by atoms with Gasteiger partial charge in [-0.15, -0.1) is 0 Å². The van der Waals surface area contributed by atoms with Gasteiger partial charge in [-0.25, -0.2) is 4.79 Å². The number of carbonyl (C=O) groups is 3. The minimum Gasteiger partial charge on any atom is -0.480 e. The maximum Gasteiger partial charge on any atom is 0.326 e. The van der Waals surface area contributed by atoms with E-state index in [1.807, 2.05) is 13.8 Å². The van der Waals surface area contributed by atoms with Crippen LogP contribution in [0.15, 0.2) is 10.6 Å². The number of carbonyl (C=O) groups excluding carboxylic acids is 2. The average Bonchev–Trinajstić information content (AvgIpc) is 2.92. The van der Waals surface area contributed by atoms with E-state index in [-0.39, 0.29) is 24.1 Å². The van der Waals surface area contributed by atoms with Crippen LogP contribution in [-0.4, -0.2) is 47.7 Å². The van der Waals surface area contributed by atoms with Gasteiger partial charge in [0.1, 0.15) is 6.04 Å². The highest BCUT2D eigenvalue weighted by Gasteiger charge is 2.21. The number of hydrogen-bond donors (Lipinski definition) is 3. The van der Waals surface area contributed by atoms with Gasteiger partial charge in [-0.2, -0.15) is 0 Å². The summed E-state index contributed by atoms with van der Waals surface area (Å²) in [7, 11) is 1.37. The maximum atomic E-state index is 11.7. The second-order valence-electron chi connectivity index (χ2n) is 5.00. The Labute approximate surface area is 127 Å². The quantitative estimate of drug-likeness (QED) is 0.617. The van der Waals surface area contributed by atoms with E-state index >= 15 is 0 Å². The van der Waals surface area contributed by atoms with Gasteiger partial charge in [0.05, 0.1) is 19.7 Å². The highest BCUT2D eigenvalue weighted by Crippen LogP contribution is 2.09. The van der Waals surface area contributed by atoms with Gasteiger partial charge in [-0.3, -0.25) is 9.59 Å². The minimum absolute atomic E-state index is 0.109. The van der Waals surface area contributed by atoms with Gasteiger partial charge in [0.2, 0.25) is 11.7 Å². The van der Waals surface area contributed by atoms with Crippen molar-refractivity contribution in [3.05, 3.63) is 11.8 Å². The van der Waals surface area contributed by atoms with Gasteiger partial charge < -0.3 is 25.0 Å². The smallest absolute Gasteiger partial charge is 0.326 e. The van der Waals surface area contributed by atoms with Crippen molar-refractivity contribution >= 4 is 17.8 Å². The highest BCUT2D eigenvalue weighted by molar-refractivity contribution is 5.94. The van der Waals surface area contributed by atoms with E-state index in [0.717, 1.165) is 0 Å². The van der Waals surface area contributed by atoms with Crippen LogP contribution in [0.25, 0.3) is 0 Å². The zero-order valence-corrected chi connectivity index (χ0v) is 12.6. The summed E-state index contributed by atoms with van der Waals surface area (Å²) in [5.74, 6) is -2.24. The second kappa shape index (κ2) is 8.01. The third-order valence-corrected chi connectivity index (χ3v) is 2.67. The van der Waals surface area contributed by atoms with Crippen LogP contribution in [0.2, 0.25) is 0 Å². The summed E-state index contributed by atoms with van der Waals surface area (Å²) >= 11 is 0. The molecule has 3 N–H and O–H groups in total. The van der Waals surface area contributed by atoms with Gasteiger partial charge in [-0.1, -0.05) is 13.8 Å². The number of nitrogens with zero attached hydrogens (tertiary/aromatic N) is 1. The fraction of sp³-hybridized carbons (Fsp3) is 0.538. The van der Waals surface area contributed by atoms with Crippen molar-refractivity contribution in [3.63, 3.8) is 0 Å². The third-order valence-electron chi connectivity index (χ3n) is 2.67. The van der Waals surface area contributed by atoms with E-state index in [2.05, 4.69) is 15.8 Å². The molecule has 1 aromatic heterocycles. The van der Waals surface area contributed by atoms with E-state index in [4.69, 9.17) is 14.4 Å². The molecule has 0 saturated heterocycles. The van der Waals surface area contributed by atoms with Crippen molar-refractivity contribution in [3.8, 4) is 5.88 Å². The van der Waals surface area contributed by atoms with Gasteiger partial charge >= 0.3 is 5.97 Å². The first-order chi connectivity index (χ1) is 10.3. The molecule has 122 valence electrons. The molecule has 0 aliphatic carbocycles. The molecule has 1 atom stereocenters. The zero-order valence-electron chi connectivity index (χ0n) is 12.6. The number of carboxylic acids is 1. The molecule has 0 fully saturated rings. The average molecular weight is 313 g/mol. The van der Waals surface area contributed by atoms with Gasteiger partial charge in [-0.05, 0) is 17.5 Å². The Morgan fingerprint density at radius 3 is 2.59 bits per heavy atom. The Morgan fingerprint density at radius 1 is 1.41 bits per heavy atom. The summed E-state index contributed by atoms with van der Waals surface area (Å²) in [6.07, 6.45) is 0.300. The molecule has 9 nitrogen and oxygen atoms in total. The molecule has 1 aromatic rings. The van der Waals surface area contributed by atoms with Crippen molar-refractivity contribution in [1.82, 2.24) is 15.8 Å². The zero-order chi connectivity index (χ0) is 16.7. The number of aromatic nitrogens is 1. The SMILES string of the molecule is COc1cc(C(=O)NCC(=O)N[C@@H](CC(C)C)C(=O)O)on1. The molecule has 1 rings (SSSR count). The molecule has 0 aliphatic rings. The molecule has 9 heteroatoms. The van der Waals surface area contributed by atoms with Crippen LogP contribution in [-0.2, 0) is 9.59 Å². The van der Waals surface area contributed by atoms with Crippen LogP contribution < -0.4 is 15.4 Å². The number of amides is 2. The molecule has 0 radical (unpaired) electrons. The predicted octanol–water partition coefficient (Wildman–Crippen LogP) is 0.0285. The lowest BCUT2D eigenvalue weighted by Crippen LogP contribution is -2.46.